The fourth-order valence-corrected chi connectivity index (χ4v) is 13.8. The number of ether oxygens (including phenoxy) is 8. The Labute approximate surface area is 375 Å². The van der Waals surface area contributed by atoms with Crippen LogP contribution in [0.5, 0.6) is 0 Å². The number of carbonyl (C=O) groups is 1. The minimum absolute atomic E-state index is 0.0699. The number of carboxylic acid groups (broad SMARTS) is 1. The fourth-order valence-electron chi connectivity index (χ4n) is 13.8. The third-order valence-electron chi connectivity index (χ3n) is 17.3. The van der Waals surface area contributed by atoms with Crippen molar-refractivity contribution in [1.29, 1.82) is 0 Å². The minimum atomic E-state index is -1.72. The molecule has 1 spiro atoms. The molecule has 26 unspecified atom stereocenters. The quantitative estimate of drug-likeness (QED) is 0.168. The van der Waals surface area contributed by atoms with Crippen molar-refractivity contribution in [3.63, 3.8) is 0 Å². The number of aliphatic hydroxyl groups is 8. The molecule has 3 saturated carbocycles. The Hall–Kier alpha value is -1.43. The molecule has 18 heteroatoms. The van der Waals surface area contributed by atoms with Crippen LogP contribution >= 0.6 is 0 Å². The van der Waals surface area contributed by atoms with Gasteiger partial charge in [0.15, 0.2) is 24.7 Å². The van der Waals surface area contributed by atoms with E-state index in [2.05, 4.69) is 33.8 Å². The third-order valence-corrected chi connectivity index (χ3v) is 17.3. The predicted octanol–water partition coefficient (Wildman–Crippen LogP) is 0.943. The molecule has 0 aromatic heterocycles. The van der Waals surface area contributed by atoms with Crippen LogP contribution < -0.4 is 0 Å². The molecule has 0 aromatic carbocycles. The van der Waals surface area contributed by atoms with Crippen molar-refractivity contribution in [3.05, 3.63) is 11.6 Å². The van der Waals surface area contributed by atoms with Crippen LogP contribution in [0.15, 0.2) is 11.6 Å². The maximum Gasteiger partial charge on any atom is 0.300 e. The summed E-state index contributed by atoms with van der Waals surface area (Å²) in [6, 6.07) is 0. The minimum Gasteiger partial charge on any atom is -0.481 e. The summed E-state index contributed by atoms with van der Waals surface area (Å²) in [4.78, 5) is 9.00. The van der Waals surface area contributed by atoms with Crippen LogP contribution in [-0.4, -0.2) is 175 Å². The highest BCUT2D eigenvalue weighted by Gasteiger charge is 2.69. The van der Waals surface area contributed by atoms with E-state index in [0.717, 1.165) is 57.6 Å². The summed E-state index contributed by atoms with van der Waals surface area (Å²) in [5.41, 5.74) is 0.681. The van der Waals surface area contributed by atoms with Crippen LogP contribution in [0.2, 0.25) is 0 Å². The Bertz CT molecular complexity index is 1670. The molecule has 4 aliphatic carbocycles. The SMILES string of the molecule is CC(=O)O.CC1CCC2(OC1)OC1CC3C4CC=C5CC(O)CC(OC6OC(C)C(O)C(OC7OCC(O)C(O)C7O)C6OC6OC(C)C(O)C(O)C6O)C5(C)C4CCC3(C)C1C2C. The second kappa shape index (κ2) is 18.5. The standard InChI is InChI=1S/C44H70O16.C2H4O2/c1-18-9-12-44(54-16-18)19(2)30-28(60-44)15-26-24-8-7-22-13-23(45)14-29(43(22,6)25(24)10-11-42(26,30)5)57-41-38(59-40-36(52)34(50)31(47)20(3)55-40)37(32(48)21(4)56-41)58-39-35(51)33(49)27(46)17-53-39;1-2(3)4/h7,18-21,23-41,45-52H,8-17H2,1-6H3;1H3,(H,3,4). The van der Waals surface area contributed by atoms with Gasteiger partial charge in [0.25, 0.3) is 5.97 Å². The first-order valence-electron chi connectivity index (χ1n) is 23.7. The monoisotopic (exact) mass is 914 g/mol. The Morgan fingerprint density at radius 3 is 2.08 bits per heavy atom. The highest BCUT2D eigenvalue weighted by Crippen LogP contribution is 2.71. The molecule has 9 aliphatic rings. The predicted molar refractivity (Wildman–Crippen MR) is 221 cm³/mol. The Kier molecular flexibility index (Phi) is 14.1. The van der Waals surface area contributed by atoms with E-state index in [-0.39, 0.29) is 36.4 Å². The molecule has 26 atom stereocenters. The molecule has 5 saturated heterocycles. The van der Waals surface area contributed by atoms with Crippen molar-refractivity contribution >= 4 is 5.97 Å². The Morgan fingerprint density at radius 1 is 0.734 bits per heavy atom. The van der Waals surface area contributed by atoms with Gasteiger partial charge >= 0.3 is 0 Å². The normalized spacial score (nSPS) is 55.9. The van der Waals surface area contributed by atoms with Gasteiger partial charge in [-0.15, -0.1) is 0 Å². The van der Waals surface area contributed by atoms with Gasteiger partial charge in [0, 0.05) is 31.1 Å². The fraction of sp³-hybridized carbons (Fsp3) is 0.935. The number of carboxylic acids is 1. The van der Waals surface area contributed by atoms with E-state index in [4.69, 9.17) is 47.8 Å². The number of fused-ring (bicyclic) bond motifs is 7. The second-order valence-electron chi connectivity index (χ2n) is 21.2. The van der Waals surface area contributed by atoms with Crippen LogP contribution in [0.3, 0.4) is 0 Å². The summed E-state index contributed by atoms with van der Waals surface area (Å²) < 4.78 is 51.1. The molecular weight excluding hydrogens is 840 g/mol. The van der Waals surface area contributed by atoms with Gasteiger partial charge in [-0.05, 0) is 87.4 Å². The summed E-state index contributed by atoms with van der Waals surface area (Å²) in [5.74, 6) is 0.838. The molecule has 18 nitrogen and oxygen atoms in total. The van der Waals surface area contributed by atoms with Gasteiger partial charge < -0.3 is 83.9 Å². The first-order valence-corrected chi connectivity index (χ1v) is 23.7. The summed E-state index contributed by atoms with van der Waals surface area (Å²) in [5, 5.41) is 94.2. The average molecular weight is 915 g/mol. The van der Waals surface area contributed by atoms with E-state index >= 15 is 0 Å². The maximum atomic E-state index is 11.6. The molecule has 9 N–H and O–H groups in total. The van der Waals surface area contributed by atoms with Crippen molar-refractivity contribution < 1.29 is 88.6 Å². The van der Waals surface area contributed by atoms with Gasteiger partial charge in [0.05, 0.1) is 43.7 Å². The van der Waals surface area contributed by atoms with E-state index in [1.807, 2.05) is 0 Å². The highest BCUT2D eigenvalue weighted by atomic mass is 16.8. The molecule has 8 fully saturated rings. The van der Waals surface area contributed by atoms with Crippen LogP contribution in [-0.2, 0) is 42.7 Å². The molecule has 0 bridgehead atoms. The Balaban J connectivity index is 0.00000135. The van der Waals surface area contributed by atoms with Crippen molar-refractivity contribution in [3.8, 4) is 0 Å². The number of aliphatic hydroxyl groups excluding tert-OH is 8. The van der Waals surface area contributed by atoms with Gasteiger partial charge in [-0.25, -0.2) is 0 Å². The van der Waals surface area contributed by atoms with Crippen molar-refractivity contribution in [1.82, 2.24) is 0 Å². The molecule has 5 heterocycles. The van der Waals surface area contributed by atoms with Gasteiger partial charge in [0.2, 0.25) is 0 Å². The van der Waals surface area contributed by atoms with Crippen LogP contribution in [0.25, 0.3) is 0 Å². The second-order valence-corrected chi connectivity index (χ2v) is 21.2. The Morgan fingerprint density at radius 2 is 1.39 bits per heavy atom. The van der Waals surface area contributed by atoms with Crippen molar-refractivity contribution in [2.24, 2.45) is 46.3 Å². The molecule has 0 aromatic rings. The topological polar surface area (TPSA) is 273 Å². The molecule has 0 amide bonds. The lowest BCUT2D eigenvalue weighted by atomic mass is 9.46. The maximum absolute atomic E-state index is 11.6. The molecule has 366 valence electrons. The summed E-state index contributed by atoms with van der Waals surface area (Å²) in [6.07, 6.45) is -12.0. The lowest BCUT2D eigenvalue weighted by molar-refractivity contribution is -0.391. The van der Waals surface area contributed by atoms with E-state index in [0.29, 0.717) is 30.1 Å². The smallest absolute Gasteiger partial charge is 0.300 e. The van der Waals surface area contributed by atoms with Crippen molar-refractivity contribution in [2.75, 3.05) is 13.2 Å². The molecule has 0 radical (unpaired) electrons. The summed E-state index contributed by atoms with van der Waals surface area (Å²) in [6.45, 7) is 13.9. The molecule has 64 heavy (non-hydrogen) atoms. The molecule has 9 rings (SSSR count). The highest BCUT2D eigenvalue weighted by molar-refractivity contribution is 5.63. The summed E-state index contributed by atoms with van der Waals surface area (Å²) in [7, 11) is 0. The van der Waals surface area contributed by atoms with Gasteiger partial charge in [-0.2, -0.15) is 0 Å². The summed E-state index contributed by atoms with van der Waals surface area (Å²) >= 11 is 0. The van der Waals surface area contributed by atoms with E-state index < -0.39 is 115 Å². The number of hydrogen-bond acceptors (Lipinski definition) is 17. The van der Waals surface area contributed by atoms with E-state index in [1.54, 1.807) is 6.92 Å². The van der Waals surface area contributed by atoms with Gasteiger partial charge in [-0.3, -0.25) is 4.79 Å². The van der Waals surface area contributed by atoms with Crippen LogP contribution in [0, 0.1) is 46.3 Å². The largest absolute Gasteiger partial charge is 0.481 e. The zero-order valence-electron chi connectivity index (χ0n) is 38.1. The lowest BCUT2D eigenvalue weighted by Crippen LogP contribution is -2.66. The number of aliphatic carboxylic acids is 1. The van der Waals surface area contributed by atoms with Gasteiger partial charge in [-0.1, -0.05) is 39.3 Å². The first-order chi connectivity index (χ1) is 30.1. The molecule has 5 aliphatic heterocycles. The lowest BCUT2D eigenvalue weighted by Gasteiger charge is -2.60. The zero-order chi connectivity index (χ0) is 46.4. The number of hydrogen-bond donors (Lipinski definition) is 9. The number of rotatable bonds is 6. The van der Waals surface area contributed by atoms with Gasteiger partial charge in [0.1, 0.15) is 54.9 Å². The van der Waals surface area contributed by atoms with Crippen molar-refractivity contribution in [2.45, 2.75) is 210 Å². The van der Waals surface area contributed by atoms with Crippen LogP contribution in [0.4, 0.5) is 0 Å². The van der Waals surface area contributed by atoms with E-state index in [1.165, 1.54) is 6.92 Å². The zero-order valence-corrected chi connectivity index (χ0v) is 38.1. The molecular formula is C46H74O18. The first kappa shape index (κ1) is 49.0. The van der Waals surface area contributed by atoms with Crippen LogP contribution in [0.1, 0.15) is 99.8 Å². The van der Waals surface area contributed by atoms with E-state index in [9.17, 15) is 40.9 Å². The number of allylic oxidation sites excluding steroid dienone is 1. The third kappa shape index (κ3) is 8.44. The average Bonchev–Trinajstić information content (AvgIpc) is 3.69.